The minimum Gasteiger partial charge on any atom is -0.371 e. The summed E-state index contributed by atoms with van der Waals surface area (Å²) in [6.07, 6.45) is 2.39. The lowest BCUT2D eigenvalue weighted by Crippen LogP contribution is -2.37. The van der Waals surface area contributed by atoms with Gasteiger partial charge in [0.15, 0.2) is 0 Å². The monoisotopic (exact) mass is 189 g/mol. The zero-order valence-electron chi connectivity index (χ0n) is 8.28. The number of hydrogen-bond donors (Lipinski definition) is 0. The molecule has 2 heterocycles. The Morgan fingerprint density at radius 1 is 1.07 bits per heavy atom. The zero-order valence-corrected chi connectivity index (χ0v) is 8.28. The van der Waals surface area contributed by atoms with Gasteiger partial charge in [-0.25, -0.2) is 0 Å². The molecule has 2 aliphatic rings. The van der Waals surface area contributed by atoms with Crippen LogP contribution in [0.2, 0.25) is 0 Å². The molecule has 0 aromatic heterocycles. The Morgan fingerprint density at radius 3 is 2.29 bits per heavy atom. The SMILES string of the molecule is c1ccc(N2CCC3(CC2)CO3)cc1. The molecular weight excluding hydrogens is 174 g/mol. The molecule has 0 radical (unpaired) electrons. The molecular formula is C12H15NO. The van der Waals surface area contributed by atoms with Crippen molar-refractivity contribution in [2.45, 2.75) is 18.4 Å². The van der Waals surface area contributed by atoms with Crippen LogP contribution in [-0.4, -0.2) is 25.3 Å². The number of anilines is 1. The third-order valence-corrected chi connectivity index (χ3v) is 3.35. The van der Waals surface area contributed by atoms with Crippen LogP contribution in [0.5, 0.6) is 0 Å². The molecule has 1 aromatic rings. The molecule has 0 atom stereocenters. The minimum atomic E-state index is 0.297. The van der Waals surface area contributed by atoms with Gasteiger partial charge in [-0.15, -0.1) is 0 Å². The molecule has 2 aliphatic heterocycles. The molecule has 0 saturated carbocycles. The van der Waals surface area contributed by atoms with Crippen molar-refractivity contribution in [1.29, 1.82) is 0 Å². The van der Waals surface area contributed by atoms with Gasteiger partial charge >= 0.3 is 0 Å². The van der Waals surface area contributed by atoms with Crippen molar-refractivity contribution >= 4 is 5.69 Å². The lowest BCUT2D eigenvalue weighted by atomic mass is 9.97. The third-order valence-electron chi connectivity index (χ3n) is 3.35. The van der Waals surface area contributed by atoms with Crippen molar-refractivity contribution in [1.82, 2.24) is 0 Å². The molecule has 0 unspecified atom stereocenters. The highest BCUT2D eigenvalue weighted by molar-refractivity contribution is 5.46. The van der Waals surface area contributed by atoms with E-state index >= 15 is 0 Å². The molecule has 3 rings (SSSR count). The van der Waals surface area contributed by atoms with E-state index in [1.165, 1.54) is 18.5 Å². The van der Waals surface area contributed by atoms with Gasteiger partial charge in [0.25, 0.3) is 0 Å². The highest BCUT2D eigenvalue weighted by Crippen LogP contribution is 2.38. The molecule has 0 amide bonds. The van der Waals surface area contributed by atoms with E-state index in [9.17, 15) is 0 Å². The van der Waals surface area contributed by atoms with E-state index in [1.807, 2.05) is 0 Å². The minimum absolute atomic E-state index is 0.297. The highest BCUT2D eigenvalue weighted by Gasteiger charge is 2.46. The van der Waals surface area contributed by atoms with Crippen molar-refractivity contribution in [2.75, 3.05) is 24.6 Å². The molecule has 74 valence electrons. The largest absolute Gasteiger partial charge is 0.371 e. The number of hydrogen-bond acceptors (Lipinski definition) is 2. The predicted octanol–water partition coefficient (Wildman–Crippen LogP) is 2.06. The lowest BCUT2D eigenvalue weighted by molar-refractivity contribution is 0.259. The molecule has 0 N–H and O–H groups in total. The summed E-state index contributed by atoms with van der Waals surface area (Å²) in [4.78, 5) is 2.45. The first-order chi connectivity index (χ1) is 6.88. The van der Waals surface area contributed by atoms with E-state index in [0.29, 0.717) is 5.60 Å². The maximum absolute atomic E-state index is 5.49. The average Bonchev–Trinajstić information content (AvgIpc) is 3.01. The maximum Gasteiger partial charge on any atom is 0.0950 e. The Hall–Kier alpha value is -1.02. The van der Waals surface area contributed by atoms with E-state index in [2.05, 4.69) is 35.2 Å². The van der Waals surface area contributed by atoms with Gasteiger partial charge in [0, 0.05) is 18.8 Å². The third kappa shape index (κ3) is 1.40. The van der Waals surface area contributed by atoms with Crippen LogP contribution in [-0.2, 0) is 4.74 Å². The van der Waals surface area contributed by atoms with E-state index in [0.717, 1.165) is 19.7 Å². The quantitative estimate of drug-likeness (QED) is 0.628. The van der Waals surface area contributed by atoms with Crippen molar-refractivity contribution < 1.29 is 4.74 Å². The van der Waals surface area contributed by atoms with Crippen LogP contribution in [0.15, 0.2) is 30.3 Å². The van der Waals surface area contributed by atoms with Crippen LogP contribution < -0.4 is 4.90 Å². The first kappa shape index (κ1) is 8.30. The Labute approximate surface area is 84.5 Å². The van der Waals surface area contributed by atoms with Crippen LogP contribution in [0.25, 0.3) is 0 Å². The Morgan fingerprint density at radius 2 is 1.71 bits per heavy atom. The molecule has 14 heavy (non-hydrogen) atoms. The molecule has 1 spiro atoms. The van der Waals surface area contributed by atoms with Gasteiger partial charge in [-0.05, 0) is 25.0 Å². The molecule has 2 saturated heterocycles. The normalized spacial score (nSPS) is 23.9. The number of nitrogens with zero attached hydrogens (tertiary/aromatic N) is 1. The molecule has 2 fully saturated rings. The van der Waals surface area contributed by atoms with E-state index in [-0.39, 0.29) is 0 Å². The number of rotatable bonds is 1. The summed E-state index contributed by atoms with van der Waals surface area (Å²) in [5.74, 6) is 0. The van der Waals surface area contributed by atoms with Gasteiger partial charge in [-0.1, -0.05) is 18.2 Å². The topological polar surface area (TPSA) is 15.8 Å². The lowest BCUT2D eigenvalue weighted by Gasteiger charge is -2.32. The summed E-state index contributed by atoms with van der Waals surface area (Å²) in [5, 5.41) is 0. The molecule has 0 aliphatic carbocycles. The summed E-state index contributed by atoms with van der Waals surface area (Å²) in [7, 11) is 0. The van der Waals surface area contributed by atoms with Gasteiger partial charge in [0.05, 0.1) is 12.2 Å². The van der Waals surface area contributed by atoms with Crippen LogP contribution in [0.1, 0.15) is 12.8 Å². The number of piperidine rings is 1. The number of ether oxygens (including phenoxy) is 1. The van der Waals surface area contributed by atoms with Gasteiger partial charge in [0.1, 0.15) is 0 Å². The summed E-state index contributed by atoms with van der Waals surface area (Å²) in [6, 6.07) is 10.6. The number of para-hydroxylation sites is 1. The van der Waals surface area contributed by atoms with Crippen molar-refractivity contribution in [2.24, 2.45) is 0 Å². The number of benzene rings is 1. The van der Waals surface area contributed by atoms with Gasteiger partial charge in [-0.2, -0.15) is 0 Å². The first-order valence-corrected chi connectivity index (χ1v) is 5.32. The predicted molar refractivity (Wildman–Crippen MR) is 56.6 cm³/mol. The summed E-state index contributed by atoms with van der Waals surface area (Å²) in [6.45, 7) is 3.28. The Balaban J connectivity index is 1.70. The van der Waals surface area contributed by atoms with E-state index in [4.69, 9.17) is 4.74 Å². The van der Waals surface area contributed by atoms with Crippen LogP contribution in [0.3, 0.4) is 0 Å². The van der Waals surface area contributed by atoms with Crippen LogP contribution >= 0.6 is 0 Å². The molecule has 2 nitrogen and oxygen atoms in total. The summed E-state index contributed by atoms with van der Waals surface area (Å²) in [5.41, 5.74) is 1.65. The van der Waals surface area contributed by atoms with Gasteiger partial charge < -0.3 is 9.64 Å². The second kappa shape index (κ2) is 2.99. The second-order valence-electron chi connectivity index (χ2n) is 4.29. The maximum atomic E-state index is 5.49. The first-order valence-electron chi connectivity index (χ1n) is 5.32. The Kier molecular flexibility index (Phi) is 1.77. The van der Waals surface area contributed by atoms with Gasteiger partial charge in [0.2, 0.25) is 0 Å². The Bertz CT molecular complexity index is 308. The average molecular weight is 189 g/mol. The van der Waals surface area contributed by atoms with Crippen LogP contribution in [0.4, 0.5) is 5.69 Å². The van der Waals surface area contributed by atoms with Gasteiger partial charge in [-0.3, -0.25) is 0 Å². The van der Waals surface area contributed by atoms with E-state index in [1.54, 1.807) is 0 Å². The van der Waals surface area contributed by atoms with Crippen molar-refractivity contribution in [3.8, 4) is 0 Å². The standard InChI is InChI=1S/C12H15NO/c1-2-4-11(5-3-1)13-8-6-12(7-9-13)10-14-12/h1-5H,6-10H2. The highest BCUT2D eigenvalue weighted by atomic mass is 16.6. The number of epoxide rings is 1. The van der Waals surface area contributed by atoms with Crippen molar-refractivity contribution in [3.63, 3.8) is 0 Å². The molecule has 1 aromatic carbocycles. The van der Waals surface area contributed by atoms with Crippen LogP contribution in [0, 0.1) is 0 Å². The zero-order chi connectivity index (χ0) is 9.43. The van der Waals surface area contributed by atoms with E-state index < -0.39 is 0 Å². The summed E-state index contributed by atoms with van der Waals surface area (Å²) >= 11 is 0. The fourth-order valence-corrected chi connectivity index (χ4v) is 2.20. The molecule has 0 bridgehead atoms. The smallest absolute Gasteiger partial charge is 0.0950 e. The summed E-state index contributed by atoms with van der Waals surface area (Å²) < 4.78 is 5.49. The fourth-order valence-electron chi connectivity index (χ4n) is 2.20. The van der Waals surface area contributed by atoms with Crippen molar-refractivity contribution in [3.05, 3.63) is 30.3 Å². The second-order valence-corrected chi connectivity index (χ2v) is 4.29. The molecule has 2 heteroatoms. The fraction of sp³-hybridized carbons (Fsp3) is 0.500.